The molecule has 1 amide bonds. The molecule has 0 aliphatic heterocycles. The van der Waals surface area contributed by atoms with E-state index in [1.807, 2.05) is 0 Å². The first-order chi connectivity index (χ1) is 7.82. The summed E-state index contributed by atoms with van der Waals surface area (Å²) in [7, 11) is -3.31. The summed E-state index contributed by atoms with van der Waals surface area (Å²) in [6.45, 7) is 4.57. The Morgan fingerprint density at radius 1 is 1.35 bits per heavy atom. The number of nitrogens with two attached hydrogens (primary N) is 1. The van der Waals surface area contributed by atoms with Crippen LogP contribution in [0, 0.1) is 5.92 Å². The van der Waals surface area contributed by atoms with Crippen LogP contribution >= 0.6 is 0 Å². The molecule has 0 radical (unpaired) electrons. The molecular weight excluding hydrogens is 240 g/mol. The first-order valence-electron chi connectivity index (χ1n) is 5.99. The van der Waals surface area contributed by atoms with E-state index in [0.29, 0.717) is 19.0 Å². The summed E-state index contributed by atoms with van der Waals surface area (Å²) < 4.78 is 22.4. The van der Waals surface area contributed by atoms with Gasteiger partial charge in [0.15, 0.2) is 9.84 Å². The zero-order valence-electron chi connectivity index (χ0n) is 10.9. The van der Waals surface area contributed by atoms with Gasteiger partial charge in [0.1, 0.15) is 5.25 Å². The first kappa shape index (κ1) is 16.4. The van der Waals surface area contributed by atoms with Crippen molar-refractivity contribution in [3.05, 3.63) is 0 Å². The third-order valence-electron chi connectivity index (χ3n) is 2.85. The van der Waals surface area contributed by atoms with Gasteiger partial charge in [-0.05, 0) is 32.2 Å². The summed E-state index contributed by atoms with van der Waals surface area (Å²) in [6, 6.07) is 0. The maximum atomic E-state index is 11.6. The van der Waals surface area contributed by atoms with Crippen molar-refractivity contribution in [2.75, 3.05) is 19.3 Å². The molecule has 0 aromatic rings. The second kappa shape index (κ2) is 7.66. The largest absolute Gasteiger partial charge is 0.355 e. The number of carbonyl (C=O) groups is 1. The highest BCUT2D eigenvalue weighted by atomic mass is 32.2. The molecular formula is C11H24N2O3S. The zero-order chi connectivity index (χ0) is 13.5. The number of amides is 1. The lowest BCUT2D eigenvalue weighted by Gasteiger charge is -2.17. The van der Waals surface area contributed by atoms with E-state index in [4.69, 9.17) is 5.73 Å². The highest BCUT2D eigenvalue weighted by Crippen LogP contribution is 2.09. The van der Waals surface area contributed by atoms with Gasteiger partial charge in [-0.25, -0.2) is 8.42 Å². The van der Waals surface area contributed by atoms with Crippen molar-refractivity contribution in [3.8, 4) is 0 Å². The molecule has 0 spiro atoms. The Bertz CT molecular complexity index is 322. The first-order valence-corrected chi connectivity index (χ1v) is 7.95. The highest BCUT2D eigenvalue weighted by Gasteiger charge is 2.23. The van der Waals surface area contributed by atoms with Gasteiger partial charge in [-0.3, -0.25) is 4.79 Å². The van der Waals surface area contributed by atoms with Crippen LogP contribution in [0.3, 0.4) is 0 Å². The predicted molar refractivity (Wildman–Crippen MR) is 69.4 cm³/mol. The quantitative estimate of drug-likeness (QED) is 0.660. The van der Waals surface area contributed by atoms with E-state index in [2.05, 4.69) is 12.2 Å². The average molecular weight is 264 g/mol. The molecule has 0 aliphatic carbocycles. The lowest BCUT2D eigenvalue weighted by molar-refractivity contribution is -0.120. The molecule has 2 unspecified atom stereocenters. The maximum Gasteiger partial charge on any atom is 0.238 e. The highest BCUT2D eigenvalue weighted by molar-refractivity contribution is 7.92. The van der Waals surface area contributed by atoms with Gasteiger partial charge in [0.05, 0.1) is 0 Å². The minimum atomic E-state index is -3.31. The minimum Gasteiger partial charge on any atom is -0.355 e. The third kappa shape index (κ3) is 6.63. The van der Waals surface area contributed by atoms with Crippen molar-refractivity contribution < 1.29 is 13.2 Å². The van der Waals surface area contributed by atoms with Gasteiger partial charge < -0.3 is 11.1 Å². The lowest BCUT2D eigenvalue weighted by atomic mass is 10.00. The molecule has 0 saturated carbocycles. The number of rotatable bonds is 8. The van der Waals surface area contributed by atoms with Gasteiger partial charge in [0.2, 0.25) is 5.91 Å². The Balaban J connectivity index is 4.21. The second-order valence-corrected chi connectivity index (χ2v) is 6.82. The number of hydrogen-bond acceptors (Lipinski definition) is 4. The van der Waals surface area contributed by atoms with E-state index in [9.17, 15) is 13.2 Å². The molecule has 2 atom stereocenters. The summed E-state index contributed by atoms with van der Waals surface area (Å²) in [4.78, 5) is 11.6. The van der Waals surface area contributed by atoms with Gasteiger partial charge in [0, 0.05) is 12.8 Å². The van der Waals surface area contributed by atoms with Crippen LogP contribution in [0.1, 0.15) is 33.1 Å². The summed E-state index contributed by atoms with van der Waals surface area (Å²) in [5.74, 6) is -0.0914. The van der Waals surface area contributed by atoms with Gasteiger partial charge in [-0.15, -0.1) is 0 Å². The molecule has 3 N–H and O–H groups in total. The van der Waals surface area contributed by atoms with Crippen LogP contribution in [0.2, 0.25) is 0 Å². The third-order valence-corrected chi connectivity index (χ3v) is 4.35. The molecule has 0 aliphatic rings. The molecule has 0 heterocycles. The number of hydrogen-bond donors (Lipinski definition) is 2. The molecule has 0 aromatic carbocycles. The minimum absolute atomic E-state index is 0.334. The smallest absolute Gasteiger partial charge is 0.238 e. The molecule has 5 nitrogen and oxygen atoms in total. The molecule has 0 bridgehead atoms. The van der Waals surface area contributed by atoms with Gasteiger partial charge in [-0.2, -0.15) is 0 Å². The van der Waals surface area contributed by atoms with Crippen molar-refractivity contribution >= 4 is 15.7 Å². The zero-order valence-corrected chi connectivity index (χ0v) is 11.7. The van der Waals surface area contributed by atoms with Crippen LogP contribution in [0.25, 0.3) is 0 Å². The fraction of sp³-hybridized carbons (Fsp3) is 0.909. The van der Waals surface area contributed by atoms with Crippen LogP contribution in [0.15, 0.2) is 0 Å². The molecule has 0 saturated heterocycles. The van der Waals surface area contributed by atoms with Gasteiger partial charge in [-0.1, -0.05) is 13.3 Å². The number of carbonyl (C=O) groups excluding carboxylic acids is 1. The molecule has 102 valence electrons. The number of nitrogens with one attached hydrogen (secondary N) is 1. The summed E-state index contributed by atoms with van der Waals surface area (Å²) in [6.07, 6.45) is 3.94. The monoisotopic (exact) mass is 264 g/mol. The summed E-state index contributed by atoms with van der Waals surface area (Å²) in [5, 5.41) is 1.70. The van der Waals surface area contributed by atoms with E-state index in [1.54, 1.807) is 0 Å². The van der Waals surface area contributed by atoms with Gasteiger partial charge in [0.25, 0.3) is 0 Å². The topological polar surface area (TPSA) is 89.3 Å². The van der Waals surface area contributed by atoms with Crippen molar-refractivity contribution in [1.29, 1.82) is 0 Å². The molecule has 0 fully saturated rings. The molecule has 0 aromatic heterocycles. The predicted octanol–water partition coefficient (Wildman–Crippen LogP) is 0.301. The summed E-state index contributed by atoms with van der Waals surface area (Å²) >= 11 is 0. The van der Waals surface area contributed by atoms with Crippen LogP contribution in [-0.2, 0) is 14.6 Å². The van der Waals surface area contributed by atoms with Crippen LogP contribution < -0.4 is 11.1 Å². The van der Waals surface area contributed by atoms with Crippen molar-refractivity contribution in [3.63, 3.8) is 0 Å². The number of sulfone groups is 1. The normalized spacial score (nSPS) is 15.3. The van der Waals surface area contributed by atoms with E-state index in [0.717, 1.165) is 25.5 Å². The van der Waals surface area contributed by atoms with Crippen LogP contribution in [-0.4, -0.2) is 38.9 Å². The van der Waals surface area contributed by atoms with E-state index >= 15 is 0 Å². The Kier molecular flexibility index (Phi) is 7.38. The Labute approximate surface area is 104 Å². The fourth-order valence-electron chi connectivity index (χ4n) is 1.58. The Morgan fingerprint density at radius 2 is 1.94 bits per heavy atom. The molecule has 0 rings (SSSR count). The Morgan fingerprint density at radius 3 is 2.35 bits per heavy atom. The fourth-order valence-corrected chi connectivity index (χ4v) is 2.05. The van der Waals surface area contributed by atoms with E-state index in [-0.39, 0.29) is 0 Å². The van der Waals surface area contributed by atoms with Crippen LogP contribution in [0.5, 0.6) is 0 Å². The van der Waals surface area contributed by atoms with E-state index < -0.39 is 21.0 Å². The van der Waals surface area contributed by atoms with Crippen molar-refractivity contribution in [2.45, 2.75) is 38.4 Å². The average Bonchev–Trinajstić information content (AvgIpc) is 2.23. The maximum absolute atomic E-state index is 11.6. The standard InChI is InChI=1S/C11H24N2O3S/c1-4-5-10(6-7-12)8-13-11(14)9(2)17(3,15)16/h9-10H,4-8,12H2,1-3H3,(H,13,14). The van der Waals surface area contributed by atoms with E-state index in [1.165, 1.54) is 6.92 Å². The summed E-state index contributed by atoms with van der Waals surface area (Å²) in [5.41, 5.74) is 5.49. The Hall–Kier alpha value is -0.620. The SMILES string of the molecule is CCCC(CCN)CNC(=O)C(C)S(C)(=O)=O. The van der Waals surface area contributed by atoms with Crippen molar-refractivity contribution in [2.24, 2.45) is 11.7 Å². The van der Waals surface area contributed by atoms with Crippen molar-refractivity contribution in [1.82, 2.24) is 5.32 Å². The second-order valence-electron chi connectivity index (χ2n) is 4.45. The van der Waals surface area contributed by atoms with Gasteiger partial charge >= 0.3 is 0 Å². The lowest BCUT2D eigenvalue weighted by Crippen LogP contribution is -2.40. The molecule has 17 heavy (non-hydrogen) atoms. The molecule has 6 heteroatoms. The van der Waals surface area contributed by atoms with Crippen LogP contribution in [0.4, 0.5) is 0 Å².